The second-order valence-electron chi connectivity index (χ2n) is 10.2. The third kappa shape index (κ3) is 3.97. The lowest BCUT2D eigenvalue weighted by Gasteiger charge is -2.37. The molecule has 2 aliphatic rings. The molecule has 0 amide bonds. The number of aromatic nitrogens is 1. The molecule has 3 N–H and O–H groups in total. The summed E-state index contributed by atoms with van der Waals surface area (Å²) in [6, 6.07) is 14.6. The van der Waals surface area contributed by atoms with Crippen molar-refractivity contribution in [1.82, 2.24) is 4.98 Å². The van der Waals surface area contributed by atoms with Crippen molar-refractivity contribution in [3.63, 3.8) is 0 Å². The molecule has 1 heterocycles. The normalized spacial score (nSPS) is 20.8. The lowest BCUT2D eigenvalue weighted by atomic mass is 9.73. The van der Waals surface area contributed by atoms with E-state index in [2.05, 4.69) is 42.2 Å². The molecule has 4 nitrogen and oxygen atoms in total. The summed E-state index contributed by atoms with van der Waals surface area (Å²) in [7, 11) is 0. The molecule has 2 unspecified atom stereocenters. The molecule has 0 radical (unpaired) electrons. The molecule has 2 aliphatic carbocycles. The van der Waals surface area contributed by atoms with E-state index in [1.54, 1.807) is 0 Å². The molecule has 1 fully saturated rings. The first kappa shape index (κ1) is 21.3. The Morgan fingerprint density at radius 1 is 1.12 bits per heavy atom. The first-order valence-corrected chi connectivity index (χ1v) is 12.1. The number of esters is 1. The third-order valence-corrected chi connectivity index (χ3v) is 7.70. The summed E-state index contributed by atoms with van der Waals surface area (Å²) in [6.07, 6.45) is 8.82. The zero-order chi connectivity index (χ0) is 22.3. The van der Waals surface area contributed by atoms with Crippen LogP contribution in [-0.2, 0) is 17.6 Å². The molecule has 5 rings (SSSR count). The Hall–Kier alpha value is -2.59. The number of carbonyl (C=O) groups excluding carboxylic acids is 1. The Morgan fingerprint density at radius 2 is 1.91 bits per heavy atom. The van der Waals surface area contributed by atoms with Crippen LogP contribution >= 0.6 is 0 Å². The van der Waals surface area contributed by atoms with Crippen LogP contribution in [0.2, 0.25) is 0 Å². The maximum absolute atomic E-state index is 13.3. The minimum atomic E-state index is -0.240. The number of carbonyl (C=O) groups is 1. The lowest BCUT2D eigenvalue weighted by Crippen LogP contribution is -2.47. The van der Waals surface area contributed by atoms with Crippen molar-refractivity contribution in [2.45, 2.75) is 76.9 Å². The van der Waals surface area contributed by atoms with Gasteiger partial charge < -0.3 is 15.5 Å². The van der Waals surface area contributed by atoms with Gasteiger partial charge in [0.05, 0.1) is 5.56 Å². The highest BCUT2D eigenvalue weighted by molar-refractivity contribution is 6.05. The predicted octanol–water partition coefficient (Wildman–Crippen LogP) is 6.16. The molecular weight excluding hydrogens is 396 g/mol. The molecule has 32 heavy (non-hydrogen) atoms. The van der Waals surface area contributed by atoms with E-state index in [-0.39, 0.29) is 17.6 Å². The van der Waals surface area contributed by atoms with Crippen LogP contribution in [-0.4, -0.2) is 16.5 Å². The molecule has 1 aromatic heterocycles. The van der Waals surface area contributed by atoms with E-state index in [1.165, 1.54) is 43.2 Å². The summed E-state index contributed by atoms with van der Waals surface area (Å²) in [5.41, 5.74) is 12.7. The van der Waals surface area contributed by atoms with E-state index in [4.69, 9.17) is 10.5 Å². The monoisotopic (exact) mass is 430 g/mol. The van der Waals surface area contributed by atoms with Crippen molar-refractivity contribution in [1.29, 1.82) is 0 Å². The minimum absolute atomic E-state index is 0.162. The van der Waals surface area contributed by atoms with Crippen molar-refractivity contribution < 1.29 is 9.53 Å². The number of benzene rings is 2. The molecule has 2 atom stereocenters. The number of hydrogen-bond donors (Lipinski definition) is 2. The largest absolute Gasteiger partial charge is 0.454 e. The highest BCUT2D eigenvalue weighted by Crippen LogP contribution is 2.36. The fourth-order valence-electron chi connectivity index (χ4n) is 5.92. The number of aromatic amines is 1. The Balaban J connectivity index is 1.40. The third-order valence-electron chi connectivity index (χ3n) is 7.70. The maximum atomic E-state index is 13.3. The number of hydrogen-bond acceptors (Lipinski definition) is 3. The van der Waals surface area contributed by atoms with Gasteiger partial charge in [-0.25, -0.2) is 4.79 Å². The molecule has 2 aromatic carbocycles. The Kier molecular flexibility index (Phi) is 5.58. The van der Waals surface area contributed by atoms with Gasteiger partial charge in [0.15, 0.2) is 0 Å². The Bertz CT molecular complexity index is 1140. The molecule has 0 bridgehead atoms. The zero-order valence-corrected chi connectivity index (χ0v) is 19.2. The van der Waals surface area contributed by atoms with Crippen LogP contribution in [0.15, 0.2) is 42.5 Å². The van der Waals surface area contributed by atoms with Gasteiger partial charge in [-0.2, -0.15) is 0 Å². The fraction of sp³-hybridized carbons (Fsp3) is 0.464. The van der Waals surface area contributed by atoms with Gasteiger partial charge in [-0.15, -0.1) is 0 Å². The van der Waals surface area contributed by atoms with Gasteiger partial charge in [0, 0.05) is 22.1 Å². The smallest absolute Gasteiger partial charge is 0.341 e. The van der Waals surface area contributed by atoms with Gasteiger partial charge in [-0.05, 0) is 80.7 Å². The SMILES string of the molecule is Cc1[nH]c2ccc(CC(C)(N)C3CCCCC3)cc2c1C(=O)OC1CCc2ccccc21. The summed E-state index contributed by atoms with van der Waals surface area (Å²) in [4.78, 5) is 16.7. The first-order valence-electron chi connectivity index (χ1n) is 12.1. The summed E-state index contributed by atoms with van der Waals surface area (Å²) in [5.74, 6) is 0.321. The summed E-state index contributed by atoms with van der Waals surface area (Å²) in [6.45, 7) is 4.15. The van der Waals surface area contributed by atoms with Crippen molar-refractivity contribution in [3.05, 3.63) is 70.4 Å². The molecule has 1 saturated carbocycles. The number of nitrogens with one attached hydrogen (secondary N) is 1. The minimum Gasteiger partial charge on any atom is -0.454 e. The Labute approximate surface area is 190 Å². The molecule has 4 heteroatoms. The molecule has 3 aromatic rings. The van der Waals surface area contributed by atoms with Gasteiger partial charge >= 0.3 is 5.97 Å². The molecule has 0 aliphatic heterocycles. The molecule has 168 valence electrons. The predicted molar refractivity (Wildman–Crippen MR) is 129 cm³/mol. The average Bonchev–Trinajstić information content (AvgIpc) is 3.34. The van der Waals surface area contributed by atoms with Gasteiger partial charge in [-0.1, -0.05) is 49.6 Å². The van der Waals surface area contributed by atoms with Crippen molar-refractivity contribution in [2.75, 3.05) is 0 Å². The number of ether oxygens (including phenoxy) is 1. The highest BCUT2D eigenvalue weighted by atomic mass is 16.5. The van der Waals surface area contributed by atoms with Crippen LogP contribution in [0.4, 0.5) is 0 Å². The average molecular weight is 431 g/mol. The van der Waals surface area contributed by atoms with Crippen molar-refractivity contribution in [3.8, 4) is 0 Å². The highest BCUT2D eigenvalue weighted by Gasteiger charge is 2.32. The number of rotatable bonds is 5. The van der Waals surface area contributed by atoms with E-state index >= 15 is 0 Å². The zero-order valence-electron chi connectivity index (χ0n) is 19.2. The van der Waals surface area contributed by atoms with Gasteiger partial charge in [0.25, 0.3) is 0 Å². The van der Waals surface area contributed by atoms with Crippen LogP contribution in [0.1, 0.15) is 84.3 Å². The number of fused-ring (bicyclic) bond motifs is 2. The van der Waals surface area contributed by atoms with Crippen LogP contribution in [0.3, 0.4) is 0 Å². The number of H-pyrrole nitrogens is 1. The summed E-state index contributed by atoms with van der Waals surface area (Å²) in [5, 5.41) is 0.940. The van der Waals surface area contributed by atoms with Crippen molar-refractivity contribution >= 4 is 16.9 Å². The fourth-order valence-corrected chi connectivity index (χ4v) is 5.92. The van der Waals surface area contributed by atoms with E-state index in [9.17, 15) is 4.79 Å². The summed E-state index contributed by atoms with van der Waals surface area (Å²) >= 11 is 0. The molecule has 0 spiro atoms. The second-order valence-corrected chi connectivity index (χ2v) is 10.2. The maximum Gasteiger partial charge on any atom is 0.341 e. The standard InChI is InChI=1S/C28H34N2O2/c1-18-26(27(31)32-25-15-13-20-8-6-7-11-22(20)25)23-16-19(12-14-24(23)30-18)17-28(2,29)21-9-4-3-5-10-21/h6-8,11-12,14,16,21,25,30H,3-5,9-10,13,15,17,29H2,1-2H3. The number of aryl methyl sites for hydroxylation is 2. The van der Waals surface area contributed by atoms with Crippen LogP contribution in [0.5, 0.6) is 0 Å². The van der Waals surface area contributed by atoms with Crippen LogP contribution in [0, 0.1) is 12.8 Å². The Morgan fingerprint density at radius 3 is 2.72 bits per heavy atom. The van der Waals surface area contributed by atoms with E-state index < -0.39 is 0 Å². The summed E-state index contributed by atoms with van der Waals surface area (Å²) < 4.78 is 6.02. The van der Waals surface area contributed by atoms with Crippen molar-refractivity contribution in [2.24, 2.45) is 11.7 Å². The molecular formula is C28H34N2O2. The van der Waals surface area contributed by atoms with Crippen LogP contribution < -0.4 is 5.73 Å². The second kappa shape index (κ2) is 8.40. The number of nitrogens with two attached hydrogens (primary N) is 1. The lowest BCUT2D eigenvalue weighted by molar-refractivity contribution is 0.0303. The van der Waals surface area contributed by atoms with Gasteiger partial charge in [0.2, 0.25) is 0 Å². The van der Waals surface area contributed by atoms with E-state index in [0.717, 1.165) is 41.4 Å². The first-order chi connectivity index (χ1) is 15.4. The van der Waals surface area contributed by atoms with E-state index in [1.807, 2.05) is 19.1 Å². The topological polar surface area (TPSA) is 68.1 Å². The van der Waals surface area contributed by atoms with Gasteiger partial charge in [-0.3, -0.25) is 0 Å². The van der Waals surface area contributed by atoms with E-state index in [0.29, 0.717) is 11.5 Å². The van der Waals surface area contributed by atoms with Crippen LogP contribution in [0.25, 0.3) is 10.9 Å². The molecule has 0 saturated heterocycles. The quantitative estimate of drug-likeness (QED) is 0.476. The van der Waals surface area contributed by atoms with Gasteiger partial charge in [0.1, 0.15) is 6.10 Å².